The van der Waals surface area contributed by atoms with Crippen LogP contribution in [0.1, 0.15) is 52.7 Å². The minimum Gasteiger partial charge on any atom is -0.388 e. The van der Waals surface area contributed by atoms with Crippen molar-refractivity contribution in [3.05, 3.63) is 22.5 Å². The number of aromatic nitrogens is 2. The highest BCUT2D eigenvalue weighted by molar-refractivity contribution is 5.59. The van der Waals surface area contributed by atoms with Gasteiger partial charge in [0.2, 0.25) is 0 Å². The second-order valence-electron chi connectivity index (χ2n) is 6.80. The molecule has 2 rings (SSSR count). The second-order valence-corrected chi connectivity index (χ2v) is 6.80. The number of aliphatic hydroxyl groups is 2. The van der Waals surface area contributed by atoms with Gasteiger partial charge >= 0.3 is 5.69 Å². The van der Waals surface area contributed by atoms with E-state index in [0.717, 1.165) is 49.5 Å². The Labute approximate surface area is 158 Å². The van der Waals surface area contributed by atoms with Crippen LogP contribution in [0.3, 0.4) is 0 Å². The van der Waals surface area contributed by atoms with E-state index in [9.17, 15) is 19.4 Å². The largest absolute Gasteiger partial charge is 0.388 e. The van der Waals surface area contributed by atoms with E-state index in [0.29, 0.717) is 0 Å². The predicted octanol–water partition coefficient (Wildman–Crippen LogP) is 1.58. The van der Waals surface area contributed by atoms with Crippen molar-refractivity contribution in [1.29, 1.82) is 0 Å². The Morgan fingerprint density at radius 1 is 1.30 bits per heavy atom. The van der Waals surface area contributed by atoms with Crippen molar-refractivity contribution < 1.29 is 19.3 Å². The standard InChI is InChI=1S/C18H29FN4O4/c1-4-6-8-22(9-7-5-2)11-20-16-13(19)10-23(18(26)21-16)17-15(25)14(24)12(3)27-17/h10-12,14-15,17,24-25H,4-9H2,1-3H3/t12-,14-,15-,17-/m1/s1. The van der Waals surface area contributed by atoms with E-state index >= 15 is 0 Å². The maximum Gasteiger partial charge on any atom is 0.352 e. The van der Waals surface area contributed by atoms with Gasteiger partial charge in [-0.1, -0.05) is 26.7 Å². The number of hydrogen-bond acceptors (Lipinski definition) is 6. The fraction of sp³-hybridized carbons (Fsp3) is 0.722. The quantitative estimate of drug-likeness (QED) is 0.495. The van der Waals surface area contributed by atoms with Gasteiger partial charge in [-0.3, -0.25) is 4.57 Å². The third kappa shape index (κ3) is 5.33. The van der Waals surface area contributed by atoms with E-state index in [2.05, 4.69) is 23.8 Å². The van der Waals surface area contributed by atoms with Crippen LogP contribution in [0.5, 0.6) is 0 Å². The summed E-state index contributed by atoms with van der Waals surface area (Å²) in [4.78, 5) is 21.9. The Hall–Kier alpha value is -1.84. The summed E-state index contributed by atoms with van der Waals surface area (Å²) in [5.74, 6) is -1.11. The first-order valence-corrected chi connectivity index (χ1v) is 9.47. The molecule has 8 nitrogen and oxygen atoms in total. The smallest absolute Gasteiger partial charge is 0.352 e. The van der Waals surface area contributed by atoms with Crippen LogP contribution in [-0.2, 0) is 4.74 Å². The van der Waals surface area contributed by atoms with E-state index in [1.54, 1.807) is 6.92 Å². The molecule has 152 valence electrons. The van der Waals surface area contributed by atoms with E-state index < -0.39 is 36.0 Å². The lowest BCUT2D eigenvalue weighted by Crippen LogP contribution is -2.35. The van der Waals surface area contributed by atoms with Crippen LogP contribution in [0.2, 0.25) is 0 Å². The molecule has 1 aliphatic heterocycles. The van der Waals surface area contributed by atoms with Gasteiger partial charge in [0.25, 0.3) is 0 Å². The molecular weight excluding hydrogens is 355 g/mol. The molecule has 4 atom stereocenters. The van der Waals surface area contributed by atoms with Crippen LogP contribution in [0.15, 0.2) is 16.0 Å². The van der Waals surface area contributed by atoms with E-state index in [-0.39, 0.29) is 5.82 Å². The molecule has 1 aliphatic rings. The molecule has 1 saturated heterocycles. The number of rotatable bonds is 9. The Balaban J connectivity index is 2.19. The zero-order valence-corrected chi connectivity index (χ0v) is 16.1. The predicted molar refractivity (Wildman–Crippen MR) is 99.6 cm³/mol. The molecule has 0 spiro atoms. The van der Waals surface area contributed by atoms with Gasteiger partial charge in [-0.25, -0.2) is 14.2 Å². The molecular formula is C18H29FN4O4. The van der Waals surface area contributed by atoms with Crippen LogP contribution in [-0.4, -0.2) is 62.4 Å². The minimum absolute atomic E-state index is 0.310. The topological polar surface area (TPSA) is 100 Å². The van der Waals surface area contributed by atoms with E-state index in [1.165, 1.54) is 6.34 Å². The first kappa shape index (κ1) is 21.5. The van der Waals surface area contributed by atoms with Crippen molar-refractivity contribution in [1.82, 2.24) is 14.5 Å². The molecule has 0 saturated carbocycles. The third-order valence-corrected chi connectivity index (χ3v) is 4.58. The van der Waals surface area contributed by atoms with Crippen molar-refractivity contribution in [3.63, 3.8) is 0 Å². The summed E-state index contributed by atoms with van der Waals surface area (Å²) in [5.41, 5.74) is -0.803. The molecule has 0 aromatic carbocycles. The first-order chi connectivity index (χ1) is 12.9. The van der Waals surface area contributed by atoms with Crippen LogP contribution >= 0.6 is 0 Å². The Morgan fingerprint density at radius 3 is 2.44 bits per heavy atom. The zero-order valence-electron chi connectivity index (χ0n) is 16.1. The van der Waals surface area contributed by atoms with Gasteiger partial charge in [-0.15, -0.1) is 0 Å². The summed E-state index contributed by atoms with van der Waals surface area (Å²) in [5, 5.41) is 19.8. The summed E-state index contributed by atoms with van der Waals surface area (Å²) >= 11 is 0. The zero-order chi connectivity index (χ0) is 20.0. The van der Waals surface area contributed by atoms with E-state index in [4.69, 9.17) is 4.74 Å². The van der Waals surface area contributed by atoms with Gasteiger partial charge in [0.05, 0.1) is 18.6 Å². The van der Waals surface area contributed by atoms with Crippen molar-refractivity contribution in [2.45, 2.75) is 71.0 Å². The number of aliphatic hydroxyl groups excluding tert-OH is 2. The Bertz CT molecular complexity index is 688. The lowest BCUT2D eigenvalue weighted by atomic mass is 10.1. The first-order valence-electron chi connectivity index (χ1n) is 9.47. The maximum atomic E-state index is 14.4. The molecule has 0 amide bonds. The number of hydrogen-bond donors (Lipinski definition) is 2. The van der Waals surface area contributed by atoms with Gasteiger partial charge in [-0.2, -0.15) is 4.98 Å². The molecule has 0 bridgehead atoms. The van der Waals surface area contributed by atoms with Crippen molar-refractivity contribution in [2.24, 2.45) is 4.99 Å². The van der Waals surface area contributed by atoms with Crippen LogP contribution in [0, 0.1) is 5.82 Å². The summed E-state index contributed by atoms with van der Waals surface area (Å²) in [6, 6.07) is 0. The Kier molecular flexibility index (Phi) is 7.88. The fourth-order valence-corrected chi connectivity index (χ4v) is 2.85. The lowest BCUT2D eigenvalue weighted by molar-refractivity contribution is -0.0355. The molecule has 1 aromatic heterocycles. The summed E-state index contributed by atoms with van der Waals surface area (Å²) in [7, 11) is 0. The summed E-state index contributed by atoms with van der Waals surface area (Å²) in [6.45, 7) is 7.34. The molecule has 1 aromatic rings. The fourth-order valence-electron chi connectivity index (χ4n) is 2.85. The number of unbranched alkanes of at least 4 members (excludes halogenated alkanes) is 2. The SMILES string of the molecule is CCCCN(C=Nc1nc(=O)n([C@@H]2O[C@H](C)[C@@H](O)[C@H]2O)cc1F)CCCC. The Morgan fingerprint density at radius 2 is 1.93 bits per heavy atom. The number of halogens is 1. The monoisotopic (exact) mass is 384 g/mol. The highest BCUT2D eigenvalue weighted by Crippen LogP contribution is 2.28. The van der Waals surface area contributed by atoms with Crippen LogP contribution in [0.4, 0.5) is 10.2 Å². The van der Waals surface area contributed by atoms with Crippen LogP contribution < -0.4 is 5.69 Å². The number of ether oxygens (including phenoxy) is 1. The average molecular weight is 384 g/mol. The molecule has 0 aliphatic carbocycles. The highest BCUT2D eigenvalue weighted by atomic mass is 19.1. The molecule has 2 N–H and O–H groups in total. The molecule has 0 unspecified atom stereocenters. The van der Waals surface area contributed by atoms with Gasteiger partial charge in [0, 0.05) is 13.1 Å². The third-order valence-electron chi connectivity index (χ3n) is 4.58. The van der Waals surface area contributed by atoms with Gasteiger partial charge < -0.3 is 19.8 Å². The van der Waals surface area contributed by atoms with Crippen LogP contribution in [0.25, 0.3) is 0 Å². The molecule has 2 heterocycles. The molecule has 0 radical (unpaired) electrons. The molecule has 27 heavy (non-hydrogen) atoms. The summed E-state index contributed by atoms with van der Waals surface area (Å²) < 4.78 is 20.6. The minimum atomic E-state index is -1.34. The summed E-state index contributed by atoms with van der Waals surface area (Å²) in [6.07, 6.45) is 2.11. The second kappa shape index (κ2) is 9.91. The molecule has 9 heteroatoms. The number of aliphatic imine (C=N–C) groups is 1. The average Bonchev–Trinajstić information content (AvgIpc) is 2.90. The van der Waals surface area contributed by atoms with E-state index in [1.807, 2.05) is 4.90 Å². The van der Waals surface area contributed by atoms with Crippen molar-refractivity contribution >= 4 is 12.2 Å². The lowest BCUT2D eigenvalue weighted by Gasteiger charge is -2.19. The van der Waals surface area contributed by atoms with Crippen molar-refractivity contribution in [2.75, 3.05) is 13.1 Å². The maximum absolute atomic E-state index is 14.4. The highest BCUT2D eigenvalue weighted by Gasteiger charge is 2.42. The molecule has 1 fully saturated rings. The van der Waals surface area contributed by atoms with Gasteiger partial charge in [0.1, 0.15) is 12.2 Å². The van der Waals surface area contributed by atoms with Gasteiger partial charge in [0.15, 0.2) is 17.9 Å². The normalized spacial score (nSPS) is 25.4. The van der Waals surface area contributed by atoms with Gasteiger partial charge in [-0.05, 0) is 19.8 Å². The van der Waals surface area contributed by atoms with Crippen molar-refractivity contribution in [3.8, 4) is 0 Å². The number of nitrogens with zero attached hydrogens (tertiary/aromatic N) is 4.